The van der Waals surface area contributed by atoms with Crippen LogP contribution in [0.15, 0.2) is 53.0 Å². The van der Waals surface area contributed by atoms with Crippen LogP contribution >= 0.6 is 15.9 Å². The molecule has 2 aromatic rings. The van der Waals surface area contributed by atoms with Crippen molar-refractivity contribution in [1.82, 2.24) is 0 Å². The molecule has 0 aliphatic carbocycles. The Morgan fingerprint density at radius 3 is 2.42 bits per heavy atom. The van der Waals surface area contributed by atoms with Crippen LogP contribution in [0.1, 0.15) is 21.5 Å². The number of carboxylic acids is 1. The number of benzene rings is 2. The second kappa shape index (κ2) is 6.50. The molecule has 4 heteroatoms. The van der Waals surface area contributed by atoms with Gasteiger partial charge in [0.1, 0.15) is 0 Å². The second-order valence-corrected chi connectivity index (χ2v) is 5.04. The molecule has 0 saturated heterocycles. The normalized spacial score (nSPS) is 10.4. The van der Waals surface area contributed by atoms with E-state index < -0.39 is 5.97 Å². The van der Waals surface area contributed by atoms with Crippen molar-refractivity contribution in [3.05, 3.63) is 69.7 Å². The maximum absolute atomic E-state index is 10.8. The Hall–Kier alpha value is -1.65. The first-order valence-electron chi connectivity index (χ1n) is 5.79. The van der Waals surface area contributed by atoms with Gasteiger partial charge in [0.2, 0.25) is 0 Å². The lowest BCUT2D eigenvalue weighted by molar-refractivity contribution is 0.0696. The summed E-state index contributed by atoms with van der Waals surface area (Å²) in [6.45, 7) is 0.905. The van der Waals surface area contributed by atoms with E-state index in [4.69, 9.17) is 9.84 Å². The molecule has 0 unspecified atom stereocenters. The number of ether oxygens (including phenoxy) is 1. The zero-order chi connectivity index (χ0) is 13.7. The van der Waals surface area contributed by atoms with Crippen LogP contribution in [-0.2, 0) is 18.0 Å². The van der Waals surface area contributed by atoms with Gasteiger partial charge in [0.05, 0.1) is 18.8 Å². The van der Waals surface area contributed by atoms with E-state index in [0.717, 1.165) is 15.6 Å². The first-order chi connectivity index (χ1) is 9.15. The van der Waals surface area contributed by atoms with Crippen molar-refractivity contribution in [2.45, 2.75) is 13.2 Å². The number of halogens is 1. The molecule has 0 aliphatic rings. The maximum Gasteiger partial charge on any atom is 0.335 e. The molecule has 0 aliphatic heterocycles. The molecule has 0 saturated carbocycles. The molecule has 0 atom stereocenters. The lowest BCUT2D eigenvalue weighted by Crippen LogP contribution is -1.99. The predicted molar refractivity (Wildman–Crippen MR) is 76.0 cm³/mol. The molecule has 2 aromatic carbocycles. The molecule has 19 heavy (non-hydrogen) atoms. The Morgan fingerprint density at radius 1 is 1.05 bits per heavy atom. The van der Waals surface area contributed by atoms with E-state index in [9.17, 15) is 4.79 Å². The SMILES string of the molecule is O=C(O)c1cccc(COCc2ccc(Br)cc2)c1. The van der Waals surface area contributed by atoms with Crippen molar-refractivity contribution in [2.24, 2.45) is 0 Å². The van der Waals surface area contributed by atoms with Gasteiger partial charge in [0, 0.05) is 4.47 Å². The molecule has 0 amide bonds. The minimum Gasteiger partial charge on any atom is -0.478 e. The molecular weight excluding hydrogens is 308 g/mol. The summed E-state index contributed by atoms with van der Waals surface area (Å²) in [6.07, 6.45) is 0. The minimum absolute atomic E-state index is 0.282. The standard InChI is InChI=1S/C15H13BrO3/c16-14-6-4-11(5-7-14)9-19-10-12-2-1-3-13(8-12)15(17)18/h1-8H,9-10H2,(H,17,18). The average Bonchev–Trinajstić information content (AvgIpc) is 2.41. The van der Waals surface area contributed by atoms with Crippen molar-refractivity contribution in [1.29, 1.82) is 0 Å². The molecule has 0 fully saturated rings. The van der Waals surface area contributed by atoms with Crippen LogP contribution in [0.25, 0.3) is 0 Å². The summed E-state index contributed by atoms with van der Waals surface area (Å²) in [4.78, 5) is 10.8. The topological polar surface area (TPSA) is 46.5 Å². The molecule has 1 N–H and O–H groups in total. The monoisotopic (exact) mass is 320 g/mol. The largest absolute Gasteiger partial charge is 0.478 e. The molecule has 0 radical (unpaired) electrons. The third kappa shape index (κ3) is 4.19. The van der Waals surface area contributed by atoms with Gasteiger partial charge in [-0.25, -0.2) is 4.79 Å². The molecule has 0 aromatic heterocycles. The first kappa shape index (κ1) is 13.8. The van der Waals surface area contributed by atoms with Gasteiger partial charge in [0.15, 0.2) is 0 Å². The van der Waals surface area contributed by atoms with Gasteiger partial charge in [-0.1, -0.05) is 40.2 Å². The van der Waals surface area contributed by atoms with Crippen molar-refractivity contribution in [3.63, 3.8) is 0 Å². The Labute approximate surface area is 120 Å². The molecule has 0 spiro atoms. The van der Waals surface area contributed by atoms with Crippen molar-refractivity contribution in [2.75, 3.05) is 0 Å². The van der Waals surface area contributed by atoms with Crippen molar-refractivity contribution in [3.8, 4) is 0 Å². The van der Waals surface area contributed by atoms with Crippen LogP contribution in [-0.4, -0.2) is 11.1 Å². The highest BCUT2D eigenvalue weighted by Crippen LogP contribution is 2.12. The quantitative estimate of drug-likeness (QED) is 0.909. The lowest BCUT2D eigenvalue weighted by atomic mass is 10.1. The van der Waals surface area contributed by atoms with E-state index in [1.807, 2.05) is 30.3 Å². The van der Waals surface area contributed by atoms with Crippen molar-refractivity contribution < 1.29 is 14.6 Å². The highest BCUT2D eigenvalue weighted by atomic mass is 79.9. The fourth-order valence-corrected chi connectivity index (χ4v) is 1.93. The number of carbonyl (C=O) groups is 1. The van der Waals surface area contributed by atoms with Crippen LogP contribution in [0.3, 0.4) is 0 Å². The molecule has 2 rings (SSSR count). The summed E-state index contributed by atoms with van der Waals surface area (Å²) < 4.78 is 6.60. The summed E-state index contributed by atoms with van der Waals surface area (Å²) in [5.41, 5.74) is 2.22. The Kier molecular flexibility index (Phi) is 4.71. The molecule has 0 heterocycles. The fourth-order valence-electron chi connectivity index (χ4n) is 1.66. The van der Waals surface area contributed by atoms with Gasteiger partial charge in [0.25, 0.3) is 0 Å². The van der Waals surface area contributed by atoms with Gasteiger partial charge >= 0.3 is 5.97 Å². The minimum atomic E-state index is -0.922. The second-order valence-electron chi connectivity index (χ2n) is 4.12. The number of carboxylic acid groups (broad SMARTS) is 1. The first-order valence-corrected chi connectivity index (χ1v) is 6.59. The molecule has 98 valence electrons. The molecule has 3 nitrogen and oxygen atoms in total. The van der Waals surface area contributed by atoms with Gasteiger partial charge < -0.3 is 9.84 Å². The highest BCUT2D eigenvalue weighted by Gasteiger charge is 2.03. The molecule has 0 bridgehead atoms. The van der Waals surface area contributed by atoms with Gasteiger partial charge in [-0.15, -0.1) is 0 Å². The highest BCUT2D eigenvalue weighted by molar-refractivity contribution is 9.10. The molecular formula is C15H13BrO3. The zero-order valence-electron chi connectivity index (χ0n) is 10.2. The average molecular weight is 321 g/mol. The third-order valence-electron chi connectivity index (χ3n) is 2.62. The number of aromatic carboxylic acids is 1. The van der Waals surface area contributed by atoms with Crippen LogP contribution in [0.4, 0.5) is 0 Å². The van der Waals surface area contributed by atoms with Gasteiger partial charge in [-0.2, -0.15) is 0 Å². The van der Waals surface area contributed by atoms with E-state index in [0.29, 0.717) is 13.2 Å². The van der Waals surface area contributed by atoms with E-state index in [1.54, 1.807) is 18.2 Å². The smallest absolute Gasteiger partial charge is 0.335 e. The zero-order valence-corrected chi connectivity index (χ0v) is 11.8. The summed E-state index contributed by atoms with van der Waals surface area (Å²) in [6, 6.07) is 14.7. The Bertz CT molecular complexity index is 564. The lowest BCUT2D eigenvalue weighted by Gasteiger charge is -2.05. The van der Waals surface area contributed by atoms with Gasteiger partial charge in [-0.05, 0) is 35.4 Å². The third-order valence-corrected chi connectivity index (χ3v) is 3.15. The summed E-state index contributed by atoms with van der Waals surface area (Å²) in [7, 11) is 0. The maximum atomic E-state index is 10.8. The van der Waals surface area contributed by atoms with E-state index in [1.165, 1.54) is 0 Å². The van der Waals surface area contributed by atoms with E-state index >= 15 is 0 Å². The van der Waals surface area contributed by atoms with Crippen molar-refractivity contribution >= 4 is 21.9 Å². The van der Waals surface area contributed by atoms with E-state index in [-0.39, 0.29) is 5.56 Å². The number of rotatable bonds is 5. The summed E-state index contributed by atoms with van der Waals surface area (Å²) in [5, 5.41) is 8.89. The number of hydrogen-bond acceptors (Lipinski definition) is 2. The van der Waals surface area contributed by atoms with Crippen LogP contribution < -0.4 is 0 Å². The Balaban J connectivity index is 1.90. The van der Waals surface area contributed by atoms with E-state index in [2.05, 4.69) is 15.9 Å². The summed E-state index contributed by atoms with van der Waals surface area (Å²) >= 11 is 3.38. The fraction of sp³-hybridized carbons (Fsp3) is 0.133. The van der Waals surface area contributed by atoms with Crippen LogP contribution in [0.5, 0.6) is 0 Å². The Morgan fingerprint density at radius 2 is 1.74 bits per heavy atom. The summed E-state index contributed by atoms with van der Waals surface area (Å²) in [5.74, 6) is -0.922. The van der Waals surface area contributed by atoms with Crippen LogP contribution in [0.2, 0.25) is 0 Å². The number of hydrogen-bond donors (Lipinski definition) is 1. The van der Waals surface area contributed by atoms with Crippen LogP contribution in [0, 0.1) is 0 Å². The van der Waals surface area contributed by atoms with Gasteiger partial charge in [-0.3, -0.25) is 0 Å². The predicted octanol–water partition coefficient (Wildman–Crippen LogP) is 3.86.